The molecule has 1 saturated carbocycles. The van der Waals surface area contributed by atoms with Crippen molar-refractivity contribution in [3.05, 3.63) is 0 Å². The number of rotatable bonds is 6. The van der Waals surface area contributed by atoms with Crippen molar-refractivity contribution in [2.24, 2.45) is 11.8 Å². The molecule has 2 rings (SSSR count). The van der Waals surface area contributed by atoms with Crippen molar-refractivity contribution < 1.29 is 14.7 Å². The van der Waals surface area contributed by atoms with Gasteiger partial charge in [0.15, 0.2) is 0 Å². The number of unbranched alkanes of at least 4 members (excludes halogenated alkanes) is 3. The first-order valence-corrected chi connectivity index (χ1v) is 5.72. The molecule has 0 aromatic rings. The highest BCUT2D eigenvalue weighted by Crippen LogP contribution is 2.46. The number of nitrogens with zero attached hydrogens (tertiary/aromatic N) is 1. The Bertz CT molecular complexity index is 257. The molecular weight excluding hydrogens is 194 g/mol. The number of carbonyl (C=O) groups is 2. The maximum absolute atomic E-state index is 11.5. The molecule has 1 aliphatic carbocycles. The van der Waals surface area contributed by atoms with Crippen LogP contribution in [-0.2, 0) is 9.59 Å². The van der Waals surface area contributed by atoms with Crippen molar-refractivity contribution in [3.63, 3.8) is 0 Å². The summed E-state index contributed by atoms with van der Waals surface area (Å²) in [5.41, 5.74) is 0. The highest BCUT2D eigenvalue weighted by atomic mass is 16.3. The molecule has 2 fully saturated rings. The van der Waals surface area contributed by atoms with E-state index in [1.165, 1.54) is 4.90 Å². The number of aliphatic hydroxyl groups is 1. The fourth-order valence-electron chi connectivity index (χ4n) is 2.21. The topological polar surface area (TPSA) is 57.6 Å². The van der Waals surface area contributed by atoms with E-state index in [0.717, 1.165) is 32.1 Å². The quantitative estimate of drug-likeness (QED) is 0.515. The van der Waals surface area contributed by atoms with Crippen LogP contribution in [0.15, 0.2) is 0 Å². The lowest BCUT2D eigenvalue weighted by Gasteiger charge is -2.15. The van der Waals surface area contributed by atoms with Crippen molar-refractivity contribution >= 4 is 11.8 Å². The van der Waals surface area contributed by atoms with Gasteiger partial charge in [-0.1, -0.05) is 12.8 Å². The molecule has 1 aliphatic heterocycles. The van der Waals surface area contributed by atoms with E-state index in [2.05, 4.69) is 0 Å². The summed E-state index contributed by atoms with van der Waals surface area (Å²) in [5, 5.41) is 8.58. The average molecular weight is 211 g/mol. The van der Waals surface area contributed by atoms with Gasteiger partial charge in [-0.2, -0.15) is 0 Å². The molecule has 0 spiro atoms. The number of carbonyl (C=O) groups excluding carboxylic acids is 2. The van der Waals surface area contributed by atoms with Gasteiger partial charge < -0.3 is 5.11 Å². The molecule has 1 saturated heterocycles. The molecule has 0 aromatic carbocycles. The molecule has 1 heterocycles. The highest BCUT2D eigenvalue weighted by molar-refractivity contribution is 6.08. The Balaban J connectivity index is 1.67. The number of likely N-dealkylation sites (tertiary alicyclic amines) is 1. The van der Waals surface area contributed by atoms with Crippen LogP contribution < -0.4 is 0 Å². The van der Waals surface area contributed by atoms with Gasteiger partial charge in [-0.3, -0.25) is 14.5 Å². The average Bonchev–Trinajstić information content (AvgIpc) is 2.97. The van der Waals surface area contributed by atoms with Gasteiger partial charge in [0.05, 0.1) is 11.8 Å². The van der Waals surface area contributed by atoms with Gasteiger partial charge >= 0.3 is 0 Å². The lowest BCUT2D eigenvalue weighted by molar-refractivity contribution is -0.141. The Hall–Kier alpha value is -0.900. The van der Waals surface area contributed by atoms with Crippen molar-refractivity contribution in [1.29, 1.82) is 0 Å². The molecule has 84 valence electrons. The summed E-state index contributed by atoms with van der Waals surface area (Å²) < 4.78 is 0. The molecule has 0 bridgehead atoms. The highest BCUT2D eigenvalue weighted by Gasteiger charge is 2.58. The van der Waals surface area contributed by atoms with Crippen LogP contribution in [0.4, 0.5) is 0 Å². The first-order valence-electron chi connectivity index (χ1n) is 5.72. The second-order valence-electron chi connectivity index (χ2n) is 4.41. The number of hydrogen-bond donors (Lipinski definition) is 1. The zero-order valence-electron chi connectivity index (χ0n) is 8.82. The maximum atomic E-state index is 11.5. The van der Waals surface area contributed by atoms with Gasteiger partial charge in [0.25, 0.3) is 0 Å². The number of amides is 2. The van der Waals surface area contributed by atoms with Gasteiger partial charge in [-0.25, -0.2) is 0 Å². The van der Waals surface area contributed by atoms with E-state index >= 15 is 0 Å². The standard InChI is InChI=1S/C11H17NO3/c13-6-4-2-1-3-5-12-10(14)8-7-9(8)11(12)15/h8-9,13H,1-7H2. The molecule has 2 unspecified atom stereocenters. The fourth-order valence-corrected chi connectivity index (χ4v) is 2.21. The minimum absolute atomic E-state index is 0.0370. The third-order valence-electron chi connectivity index (χ3n) is 3.25. The maximum Gasteiger partial charge on any atom is 0.233 e. The van der Waals surface area contributed by atoms with Gasteiger partial charge in [0, 0.05) is 13.2 Å². The third kappa shape index (κ3) is 2.04. The number of piperidine rings is 1. The van der Waals surface area contributed by atoms with Crippen LogP contribution in [0.2, 0.25) is 0 Å². The number of hydrogen-bond acceptors (Lipinski definition) is 3. The third-order valence-corrected chi connectivity index (χ3v) is 3.25. The van der Waals surface area contributed by atoms with Gasteiger partial charge in [-0.05, 0) is 19.3 Å². The normalized spacial score (nSPS) is 28.5. The zero-order chi connectivity index (χ0) is 10.8. The molecule has 0 aromatic heterocycles. The SMILES string of the molecule is O=C1C2CC2C(=O)N1CCCCCCO. The molecule has 1 N–H and O–H groups in total. The summed E-state index contributed by atoms with van der Waals surface area (Å²) in [5.74, 6) is 0.171. The minimum Gasteiger partial charge on any atom is -0.396 e. The van der Waals surface area contributed by atoms with Crippen molar-refractivity contribution in [2.75, 3.05) is 13.2 Å². The lowest BCUT2D eigenvalue weighted by Crippen LogP contribution is -2.33. The molecule has 2 aliphatic rings. The molecular formula is C11H17NO3. The van der Waals surface area contributed by atoms with Crippen molar-refractivity contribution in [2.45, 2.75) is 32.1 Å². The smallest absolute Gasteiger partial charge is 0.233 e. The van der Waals surface area contributed by atoms with Crippen LogP contribution in [-0.4, -0.2) is 35.0 Å². The summed E-state index contributed by atoms with van der Waals surface area (Å²) in [6, 6.07) is 0. The van der Waals surface area contributed by atoms with Crippen LogP contribution in [0.1, 0.15) is 32.1 Å². The van der Waals surface area contributed by atoms with Crippen LogP contribution in [0.3, 0.4) is 0 Å². The first-order chi connectivity index (χ1) is 7.25. The van der Waals surface area contributed by atoms with Crippen molar-refractivity contribution in [1.82, 2.24) is 4.90 Å². The van der Waals surface area contributed by atoms with Crippen LogP contribution >= 0.6 is 0 Å². The Labute approximate surface area is 89.3 Å². The molecule has 4 heteroatoms. The fraction of sp³-hybridized carbons (Fsp3) is 0.818. The zero-order valence-corrected chi connectivity index (χ0v) is 8.82. The van der Waals surface area contributed by atoms with Crippen molar-refractivity contribution in [3.8, 4) is 0 Å². The van der Waals surface area contributed by atoms with E-state index in [4.69, 9.17) is 5.11 Å². The van der Waals surface area contributed by atoms with E-state index in [1.807, 2.05) is 0 Å². The number of aliphatic hydroxyl groups excluding tert-OH is 1. The molecule has 15 heavy (non-hydrogen) atoms. The molecule has 2 atom stereocenters. The molecule has 4 nitrogen and oxygen atoms in total. The summed E-state index contributed by atoms with van der Waals surface area (Å²) in [7, 11) is 0. The van der Waals surface area contributed by atoms with Gasteiger partial charge in [-0.15, -0.1) is 0 Å². The van der Waals surface area contributed by atoms with Crippen LogP contribution in [0.5, 0.6) is 0 Å². The Kier molecular flexibility index (Phi) is 3.05. The minimum atomic E-state index is 0.0370. The second kappa shape index (κ2) is 4.31. The monoisotopic (exact) mass is 211 g/mol. The van der Waals surface area contributed by atoms with E-state index in [0.29, 0.717) is 6.54 Å². The molecule has 0 radical (unpaired) electrons. The summed E-state index contributed by atoms with van der Waals surface area (Å²) in [6.45, 7) is 0.807. The van der Waals surface area contributed by atoms with E-state index in [-0.39, 0.29) is 30.3 Å². The van der Waals surface area contributed by atoms with Gasteiger partial charge in [0.1, 0.15) is 0 Å². The molecule has 2 amide bonds. The van der Waals surface area contributed by atoms with Crippen LogP contribution in [0, 0.1) is 11.8 Å². The van der Waals surface area contributed by atoms with E-state index in [1.54, 1.807) is 0 Å². The summed E-state index contributed by atoms with van der Waals surface area (Å²) in [4.78, 5) is 24.5. The summed E-state index contributed by atoms with van der Waals surface area (Å²) in [6.07, 6.45) is 4.43. The first kappa shape index (κ1) is 10.6. The Morgan fingerprint density at radius 3 is 2.27 bits per heavy atom. The largest absolute Gasteiger partial charge is 0.396 e. The van der Waals surface area contributed by atoms with Gasteiger partial charge in [0.2, 0.25) is 11.8 Å². The number of imide groups is 1. The van der Waals surface area contributed by atoms with Crippen LogP contribution in [0.25, 0.3) is 0 Å². The Morgan fingerprint density at radius 1 is 1.07 bits per heavy atom. The summed E-state index contributed by atoms with van der Waals surface area (Å²) >= 11 is 0. The van der Waals surface area contributed by atoms with E-state index in [9.17, 15) is 9.59 Å². The predicted octanol–water partition coefficient (Wildman–Crippen LogP) is 0.544. The number of fused-ring (bicyclic) bond motifs is 1. The second-order valence-corrected chi connectivity index (χ2v) is 4.41. The Morgan fingerprint density at radius 2 is 1.67 bits per heavy atom. The lowest BCUT2D eigenvalue weighted by atomic mass is 10.2. The predicted molar refractivity (Wildman–Crippen MR) is 53.9 cm³/mol. The van der Waals surface area contributed by atoms with E-state index < -0.39 is 0 Å².